The van der Waals surface area contributed by atoms with Gasteiger partial charge in [-0.25, -0.2) is 0 Å². The molecule has 0 aliphatic carbocycles. The third-order valence-electron chi connectivity index (χ3n) is 4.40. The van der Waals surface area contributed by atoms with Crippen LogP contribution < -0.4 is 10.1 Å². The van der Waals surface area contributed by atoms with Crippen LogP contribution in [0, 0.1) is 5.41 Å². The van der Waals surface area contributed by atoms with Crippen LogP contribution in [0.4, 0.5) is 0 Å². The third-order valence-corrected chi connectivity index (χ3v) is 4.89. The Bertz CT molecular complexity index is 441. The van der Waals surface area contributed by atoms with Gasteiger partial charge in [-0.3, -0.25) is 0 Å². The van der Waals surface area contributed by atoms with E-state index in [1.54, 1.807) is 0 Å². The topological polar surface area (TPSA) is 30.5 Å². The van der Waals surface area contributed by atoms with Gasteiger partial charge in [0, 0.05) is 23.0 Å². The van der Waals surface area contributed by atoms with Crippen molar-refractivity contribution >= 4 is 15.9 Å². The molecule has 4 heteroatoms. The summed E-state index contributed by atoms with van der Waals surface area (Å²) in [7, 11) is 0. The molecular weight excluding hydrogens is 330 g/mol. The zero-order chi connectivity index (χ0) is 15.1. The van der Waals surface area contributed by atoms with Crippen molar-refractivity contribution in [1.82, 2.24) is 5.32 Å². The zero-order valence-corrected chi connectivity index (χ0v) is 14.6. The molecule has 0 spiro atoms. The fourth-order valence-corrected chi connectivity index (χ4v) is 3.29. The standard InChI is InChI=1S/C17H26BrNO2/c1-3-9-19-13-17(7-10-20-14(17)2)8-11-21-16-6-4-5-15(18)12-16/h4-6,12,14,19H,3,7-11,13H2,1-2H3. The highest BCUT2D eigenvalue weighted by Gasteiger charge is 2.40. The van der Waals surface area contributed by atoms with E-state index in [4.69, 9.17) is 9.47 Å². The second-order valence-corrected chi connectivity index (χ2v) is 6.77. The van der Waals surface area contributed by atoms with E-state index in [1.807, 2.05) is 24.3 Å². The predicted molar refractivity (Wildman–Crippen MR) is 89.9 cm³/mol. The first-order chi connectivity index (χ1) is 10.2. The molecule has 1 saturated heterocycles. The molecule has 0 saturated carbocycles. The summed E-state index contributed by atoms with van der Waals surface area (Å²) >= 11 is 3.47. The average molecular weight is 356 g/mol. The van der Waals surface area contributed by atoms with E-state index in [2.05, 4.69) is 35.1 Å². The molecule has 1 aliphatic heterocycles. The molecule has 2 atom stereocenters. The summed E-state index contributed by atoms with van der Waals surface area (Å²) in [4.78, 5) is 0. The van der Waals surface area contributed by atoms with E-state index < -0.39 is 0 Å². The molecule has 0 radical (unpaired) electrons. The van der Waals surface area contributed by atoms with Crippen LogP contribution in [-0.2, 0) is 4.74 Å². The second-order valence-electron chi connectivity index (χ2n) is 5.86. The van der Waals surface area contributed by atoms with Gasteiger partial charge in [-0.05, 0) is 50.9 Å². The van der Waals surface area contributed by atoms with Crippen molar-refractivity contribution in [2.45, 2.75) is 39.2 Å². The number of nitrogens with one attached hydrogen (secondary N) is 1. The van der Waals surface area contributed by atoms with Crippen LogP contribution in [-0.4, -0.2) is 32.4 Å². The normalized spacial score (nSPS) is 25.2. The summed E-state index contributed by atoms with van der Waals surface area (Å²) in [6.07, 6.45) is 3.61. The van der Waals surface area contributed by atoms with E-state index in [0.717, 1.165) is 49.4 Å². The van der Waals surface area contributed by atoms with E-state index in [1.165, 1.54) is 6.42 Å². The fraction of sp³-hybridized carbons (Fsp3) is 0.647. The maximum absolute atomic E-state index is 5.92. The van der Waals surface area contributed by atoms with Crippen molar-refractivity contribution in [3.63, 3.8) is 0 Å². The monoisotopic (exact) mass is 355 g/mol. The van der Waals surface area contributed by atoms with Crippen molar-refractivity contribution in [3.8, 4) is 5.75 Å². The minimum Gasteiger partial charge on any atom is -0.494 e. The molecule has 0 bridgehead atoms. The highest BCUT2D eigenvalue weighted by molar-refractivity contribution is 9.10. The maximum atomic E-state index is 5.92. The summed E-state index contributed by atoms with van der Waals surface area (Å²) in [6.45, 7) is 8.08. The molecule has 2 unspecified atom stereocenters. The van der Waals surface area contributed by atoms with Crippen molar-refractivity contribution in [3.05, 3.63) is 28.7 Å². The minimum absolute atomic E-state index is 0.210. The maximum Gasteiger partial charge on any atom is 0.120 e. The van der Waals surface area contributed by atoms with E-state index in [9.17, 15) is 0 Å². The number of halogens is 1. The molecule has 118 valence electrons. The lowest BCUT2D eigenvalue weighted by Crippen LogP contribution is -2.41. The van der Waals surface area contributed by atoms with Gasteiger partial charge in [0.15, 0.2) is 0 Å². The Balaban J connectivity index is 1.87. The van der Waals surface area contributed by atoms with Gasteiger partial charge < -0.3 is 14.8 Å². The third kappa shape index (κ3) is 4.70. The smallest absolute Gasteiger partial charge is 0.120 e. The first kappa shape index (κ1) is 16.8. The summed E-state index contributed by atoms with van der Waals surface area (Å²) in [5.41, 5.74) is 0.210. The van der Waals surface area contributed by atoms with Gasteiger partial charge in [0.05, 0.1) is 12.7 Å². The van der Waals surface area contributed by atoms with Crippen molar-refractivity contribution in [2.24, 2.45) is 5.41 Å². The number of rotatable bonds is 8. The van der Waals surface area contributed by atoms with Gasteiger partial charge in [0.2, 0.25) is 0 Å². The van der Waals surface area contributed by atoms with Gasteiger partial charge in [-0.15, -0.1) is 0 Å². The van der Waals surface area contributed by atoms with Gasteiger partial charge in [0.1, 0.15) is 5.75 Å². The number of benzene rings is 1. The minimum atomic E-state index is 0.210. The molecule has 1 N–H and O–H groups in total. The number of hydrogen-bond donors (Lipinski definition) is 1. The van der Waals surface area contributed by atoms with E-state index >= 15 is 0 Å². The predicted octanol–water partition coefficient (Wildman–Crippen LogP) is 4.01. The molecule has 1 fully saturated rings. The van der Waals surface area contributed by atoms with Crippen LogP contribution in [0.5, 0.6) is 5.75 Å². The van der Waals surface area contributed by atoms with Crippen LogP contribution in [0.25, 0.3) is 0 Å². The SMILES string of the molecule is CCCNCC1(CCOc2cccc(Br)c2)CCOC1C. The lowest BCUT2D eigenvalue weighted by Gasteiger charge is -2.32. The second kappa shape index (κ2) is 8.16. The van der Waals surface area contributed by atoms with Crippen LogP contribution in [0.1, 0.15) is 33.1 Å². The van der Waals surface area contributed by atoms with Crippen LogP contribution in [0.15, 0.2) is 28.7 Å². The van der Waals surface area contributed by atoms with Gasteiger partial charge in [-0.2, -0.15) is 0 Å². The molecule has 21 heavy (non-hydrogen) atoms. The molecule has 2 rings (SSSR count). The van der Waals surface area contributed by atoms with Crippen molar-refractivity contribution in [2.75, 3.05) is 26.3 Å². The highest BCUT2D eigenvalue weighted by atomic mass is 79.9. The molecule has 0 aromatic heterocycles. The number of hydrogen-bond acceptors (Lipinski definition) is 3. The summed E-state index contributed by atoms with van der Waals surface area (Å²) in [5, 5.41) is 3.56. The zero-order valence-electron chi connectivity index (χ0n) is 13.0. The summed E-state index contributed by atoms with van der Waals surface area (Å²) < 4.78 is 12.8. The molecule has 3 nitrogen and oxygen atoms in total. The summed E-state index contributed by atoms with van der Waals surface area (Å²) in [6, 6.07) is 8.02. The first-order valence-electron chi connectivity index (χ1n) is 7.87. The van der Waals surface area contributed by atoms with Gasteiger partial charge in [-0.1, -0.05) is 28.9 Å². The molecule has 1 aromatic rings. The Kier molecular flexibility index (Phi) is 6.52. The Hall–Kier alpha value is -0.580. The fourth-order valence-electron chi connectivity index (χ4n) is 2.91. The molecule has 1 heterocycles. The molecule has 1 aromatic carbocycles. The molecular formula is C17H26BrNO2. The van der Waals surface area contributed by atoms with Crippen molar-refractivity contribution in [1.29, 1.82) is 0 Å². The van der Waals surface area contributed by atoms with Crippen LogP contribution in [0.2, 0.25) is 0 Å². The Morgan fingerprint density at radius 1 is 1.48 bits per heavy atom. The van der Waals surface area contributed by atoms with Gasteiger partial charge >= 0.3 is 0 Å². The van der Waals surface area contributed by atoms with Gasteiger partial charge in [0.25, 0.3) is 0 Å². The highest BCUT2D eigenvalue weighted by Crippen LogP contribution is 2.37. The Morgan fingerprint density at radius 3 is 3.00 bits per heavy atom. The Labute approximate surface area is 136 Å². The molecule has 1 aliphatic rings. The quantitative estimate of drug-likeness (QED) is 0.714. The van der Waals surface area contributed by atoms with Crippen LogP contribution >= 0.6 is 15.9 Å². The average Bonchev–Trinajstić information content (AvgIpc) is 2.81. The first-order valence-corrected chi connectivity index (χ1v) is 8.66. The largest absolute Gasteiger partial charge is 0.494 e. The number of ether oxygens (including phenoxy) is 2. The van der Waals surface area contributed by atoms with Crippen molar-refractivity contribution < 1.29 is 9.47 Å². The van der Waals surface area contributed by atoms with E-state index in [0.29, 0.717) is 6.10 Å². The van der Waals surface area contributed by atoms with Crippen LogP contribution in [0.3, 0.4) is 0 Å². The van der Waals surface area contributed by atoms with E-state index in [-0.39, 0.29) is 5.41 Å². The lowest BCUT2D eigenvalue weighted by molar-refractivity contribution is 0.0505. The molecule has 0 amide bonds. The summed E-state index contributed by atoms with van der Waals surface area (Å²) in [5.74, 6) is 0.924. The Morgan fingerprint density at radius 2 is 2.33 bits per heavy atom. The lowest BCUT2D eigenvalue weighted by atomic mass is 9.78.